The van der Waals surface area contributed by atoms with Crippen molar-refractivity contribution in [1.29, 1.82) is 0 Å². The number of nitrogens with zero attached hydrogens (tertiary/aromatic N) is 2. The van der Waals surface area contributed by atoms with Gasteiger partial charge >= 0.3 is 0 Å². The lowest BCUT2D eigenvalue weighted by Crippen LogP contribution is -2.19. The first-order chi connectivity index (χ1) is 8.78. The molecule has 0 saturated heterocycles. The summed E-state index contributed by atoms with van der Waals surface area (Å²) < 4.78 is 0. The second kappa shape index (κ2) is 6.57. The van der Waals surface area contributed by atoms with Crippen molar-refractivity contribution in [3.05, 3.63) is 12.4 Å². The van der Waals surface area contributed by atoms with Crippen molar-refractivity contribution in [2.45, 2.75) is 52.0 Å². The largest absolute Gasteiger partial charge is 0.369 e. The van der Waals surface area contributed by atoms with Gasteiger partial charge in [-0.2, -0.15) is 0 Å². The zero-order valence-electron chi connectivity index (χ0n) is 11.4. The van der Waals surface area contributed by atoms with E-state index in [4.69, 9.17) is 0 Å². The predicted molar refractivity (Wildman–Crippen MR) is 75.9 cm³/mol. The Morgan fingerprint density at radius 3 is 2.83 bits per heavy atom. The molecule has 2 atom stereocenters. The molecule has 0 radical (unpaired) electrons. The van der Waals surface area contributed by atoms with Crippen LogP contribution in [0, 0.1) is 5.92 Å². The van der Waals surface area contributed by atoms with Crippen LogP contribution in [0.25, 0.3) is 0 Å². The standard InChI is InChI=1S/C14H24N4/c1-3-16-13-9-15-10-14(18-13)17-12-6-4-5-11(2)7-8-12/h9-12H,3-8H2,1-2H3,(H2,16,17,18). The summed E-state index contributed by atoms with van der Waals surface area (Å²) in [5.74, 6) is 2.62. The van der Waals surface area contributed by atoms with Crippen LogP contribution in [0.3, 0.4) is 0 Å². The first-order valence-electron chi connectivity index (χ1n) is 7.10. The average Bonchev–Trinajstić information content (AvgIpc) is 2.56. The van der Waals surface area contributed by atoms with E-state index in [-0.39, 0.29) is 0 Å². The van der Waals surface area contributed by atoms with E-state index in [1.165, 1.54) is 32.1 Å². The van der Waals surface area contributed by atoms with Gasteiger partial charge in [-0.15, -0.1) is 0 Å². The highest BCUT2D eigenvalue weighted by Gasteiger charge is 2.16. The molecule has 1 aliphatic carbocycles. The molecule has 0 amide bonds. The lowest BCUT2D eigenvalue weighted by Gasteiger charge is -2.17. The van der Waals surface area contributed by atoms with Crippen LogP contribution in [0.15, 0.2) is 12.4 Å². The summed E-state index contributed by atoms with van der Waals surface area (Å²) in [5, 5.41) is 6.72. The summed E-state index contributed by atoms with van der Waals surface area (Å²) in [6.07, 6.45) is 10.1. The molecule has 0 aromatic carbocycles. The lowest BCUT2D eigenvalue weighted by atomic mass is 10.0. The normalized spacial score (nSPS) is 24.3. The first-order valence-corrected chi connectivity index (χ1v) is 7.10. The summed E-state index contributed by atoms with van der Waals surface area (Å²) in [4.78, 5) is 8.74. The molecule has 18 heavy (non-hydrogen) atoms. The third kappa shape index (κ3) is 3.86. The van der Waals surface area contributed by atoms with Crippen molar-refractivity contribution in [2.75, 3.05) is 17.2 Å². The summed E-state index contributed by atoms with van der Waals surface area (Å²) in [5.41, 5.74) is 0. The number of hydrogen-bond acceptors (Lipinski definition) is 4. The maximum Gasteiger partial charge on any atom is 0.147 e. The Morgan fingerprint density at radius 2 is 2.00 bits per heavy atom. The zero-order valence-corrected chi connectivity index (χ0v) is 11.4. The lowest BCUT2D eigenvalue weighted by molar-refractivity contribution is 0.502. The molecule has 4 heteroatoms. The molecule has 2 rings (SSSR count). The molecule has 1 heterocycles. The van der Waals surface area contributed by atoms with Crippen molar-refractivity contribution in [3.63, 3.8) is 0 Å². The predicted octanol–water partition coefficient (Wildman–Crippen LogP) is 3.29. The summed E-state index contributed by atoms with van der Waals surface area (Å²) in [6, 6.07) is 0.557. The van der Waals surface area contributed by atoms with E-state index in [2.05, 4.69) is 34.4 Å². The molecule has 1 aromatic heterocycles. The monoisotopic (exact) mass is 248 g/mol. The van der Waals surface area contributed by atoms with Gasteiger partial charge in [0.25, 0.3) is 0 Å². The van der Waals surface area contributed by atoms with E-state index in [0.29, 0.717) is 6.04 Å². The summed E-state index contributed by atoms with van der Waals surface area (Å²) in [6.45, 7) is 5.29. The fourth-order valence-corrected chi connectivity index (χ4v) is 2.54. The highest BCUT2D eigenvalue weighted by Crippen LogP contribution is 2.24. The minimum Gasteiger partial charge on any atom is -0.369 e. The van der Waals surface area contributed by atoms with Crippen molar-refractivity contribution in [3.8, 4) is 0 Å². The quantitative estimate of drug-likeness (QED) is 0.803. The van der Waals surface area contributed by atoms with Crippen LogP contribution < -0.4 is 10.6 Å². The summed E-state index contributed by atoms with van der Waals surface area (Å²) in [7, 11) is 0. The van der Waals surface area contributed by atoms with Gasteiger partial charge in [0.15, 0.2) is 0 Å². The summed E-state index contributed by atoms with van der Waals surface area (Å²) >= 11 is 0. The van der Waals surface area contributed by atoms with Gasteiger partial charge in [-0.25, -0.2) is 4.98 Å². The van der Waals surface area contributed by atoms with Crippen molar-refractivity contribution in [2.24, 2.45) is 5.92 Å². The molecule has 1 saturated carbocycles. The van der Waals surface area contributed by atoms with E-state index in [1.807, 2.05) is 6.20 Å². The van der Waals surface area contributed by atoms with Crippen LogP contribution in [-0.4, -0.2) is 22.6 Å². The van der Waals surface area contributed by atoms with Gasteiger partial charge < -0.3 is 10.6 Å². The molecule has 0 spiro atoms. The molecule has 1 aliphatic rings. The molecule has 1 fully saturated rings. The van der Waals surface area contributed by atoms with Crippen LogP contribution in [-0.2, 0) is 0 Å². The Morgan fingerprint density at radius 1 is 1.17 bits per heavy atom. The highest BCUT2D eigenvalue weighted by atomic mass is 15.1. The smallest absolute Gasteiger partial charge is 0.147 e. The number of hydrogen-bond donors (Lipinski definition) is 2. The Labute approximate surface area is 110 Å². The SMILES string of the molecule is CCNc1cncc(NC2CCCC(C)CC2)n1. The fourth-order valence-electron chi connectivity index (χ4n) is 2.54. The van der Waals surface area contributed by atoms with Gasteiger partial charge in [-0.1, -0.05) is 19.8 Å². The maximum atomic E-state index is 4.52. The van der Waals surface area contributed by atoms with Crippen LogP contribution in [0.4, 0.5) is 11.6 Å². The molecule has 4 nitrogen and oxygen atoms in total. The van der Waals surface area contributed by atoms with Gasteiger partial charge in [-0.3, -0.25) is 4.98 Å². The number of rotatable bonds is 4. The Hall–Kier alpha value is -1.32. The average molecular weight is 248 g/mol. The minimum absolute atomic E-state index is 0.557. The Balaban J connectivity index is 1.93. The van der Waals surface area contributed by atoms with Crippen LogP contribution in [0.5, 0.6) is 0 Å². The number of nitrogens with one attached hydrogen (secondary N) is 2. The molecular formula is C14H24N4. The van der Waals surface area contributed by atoms with E-state index >= 15 is 0 Å². The Kier molecular flexibility index (Phi) is 4.79. The fraction of sp³-hybridized carbons (Fsp3) is 0.714. The molecule has 2 unspecified atom stereocenters. The van der Waals surface area contributed by atoms with Crippen LogP contribution in [0.1, 0.15) is 46.0 Å². The first kappa shape index (κ1) is 13.1. The van der Waals surface area contributed by atoms with E-state index in [1.54, 1.807) is 6.20 Å². The van der Waals surface area contributed by atoms with Crippen molar-refractivity contribution in [1.82, 2.24) is 9.97 Å². The topological polar surface area (TPSA) is 49.8 Å². The molecule has 0 aliphatic heterocycles. The zero-order chi connectivity index (χ0) is 12.8. The van der Waals surface area contributed by atoms with Crippen molar-refractivity contribution >= 4 is 11.6 Å². The van der Waals surface area contributed by atoms with E-state index in [0.717, 1.165) is 24.1 Å². The molecule has 1 aromatic rings. The molecule has 0 bridgehead atoms. The van der Waals surface area contributed by atoms with Crippen LogP contribution in [0.2, 0.25) is 0 Å². The van der Waals surface area contributed by atoms with Gasteiger partial charge in [0, 0.05) is 12.6 Å². The highest BCUT2D eigenvalue weighted by molar-refractivity contribution is 5.42. The molecule has 100 valence electrons. The van der Waals surface area contributed by atoms with Gasteiger partial charge in [-0.05, 0) is 32.1 Å². The van der Waals surface area contributed by atoms with Gasteiger partial charge in [0.2, 0.25) is 0 Å². The molecular weight excluding hydrogens is 224 g/mol. The molecule has 2 N–H and O–H groups in total. The van der Waals surface area contributed by atoms with Gasteiger partial charge in [0.05, 0.1) is 12.4 Å². The van der Waals surface area contributed by atoms with Crippen LogP contribution >= 0.6 is 0 Å². The number of anilines is 2. The second-order valence-corrected chi connectivity index (χ2v) is 5.27. The van der Waals surface area contributed by atoms with E-state index in [9.17, 15) is 0 Å². The number of aromatic nitrogens is 2. The third-order valence-electron chi connectivity index (χ3n) is 3.60. The second-order valence-electron chi connectivity index (χ2n) is 5.27. The van der Waals surface area contributed by atoms with Gasteiger partial charge in [0.1, 0.15) is 11.6 Å². The van der Waals surface area contributed by atoms with E-state index < -0.39 is 0 Å². The third-order valence-corrected chi connectivity index (χ3v) is 3.60. The maximum absolute atomic E-state index is 4.52. The Bertz CT molecular complexity index is 367. The van der Waals surface area contributed by atoms with Crippen molar-refractivity contribution < 1.29 is 0 Å². The minimum atomic E-state index is 0.557.